The first-order valence-electron chi connectivity index (χ1n) is 9.48. The molecule has 3 aromatic heterocycles. The molecule has 3 aromatic rings. The summed E-state index contributed by atoms with van der Waals surface area (Å²) in [5, 5.41) is 9.38. The number of ether oxygens (including phenoxy) is 1. The van der Waals surface area contributed by atoms with Gasteiger partial charge in [-0.15, -0.1) is 0 Å². The van der Waals surface area contributed by atoms with Crippen molar-refractivity contribution < 1.29 is 31.5 Å². The first-order chi connectivity index (χ1) is 15.3. The Morgan fingerprint density at radius 1 is 1.22 bits per heavy atom. The van der Waals surface area contributed by atoms with E-state index in [-0.39, 0.29) is 28.9 Å². The summed E-state index contributed by atoms with van der Waals surface area (Å²) in [4.78, 5) is 24.0. The van der Waals surface area contributed by atoms with E-state index < -0.39 is 12.8 Å². The quantitative estimate of drug-likeness (QED) is 0.587. The number of pyridine rings is 1. The SMILES string of the molecule is N#Cc1nc(-c2ccco2)oc1N1CCN(C(=O)c2ccc(OCC(F)(F)F)nc2)CC1. The Bertz CT molecular complexity index is 1110. The zero-order chi connectivity index (χ0) is 22.7. The number of furan rings is 1. The molecular weight excluding hydrogens is 431 g/mol. The van der Waals surface area contributed by atoms with Crippen molar-refractivity contribution in [1.82, 2.24) is 14.9 Å². The molecule has 0 bridgehead atoms. The van der Waals surface area contributed by atoms with Crippen LogP contribution in [0.15, 0.2) is 45.6 Å². The van der Waals surface area contributed by atoms with Crippen LogP contribution in [0, 0.1) is 11.3 Å². The number of hydrogen-bond acceptors (Lipinski definition) is 8. The largest absolute Gasteiger partial charge is 0.468 e. The van der Waals surface area contributed by atoms with Crippen molar-refractivity contribution in [2.75, 3.05) is 37.7 Å². The van der Waals surface area contributed by atoms with Crippen LogP contribution in [0.25, 0.3) is 11.7 Å². The molecule has 0 aliphatic carbocycles. The van der Waals surface area contributed by atoms with Crippen molar-refractivity contribution in [3.05, 3.63) is 48.0 Å². The fourth-order valence-corrected chi connectivity index (χ4v) is 3.15. The normalized spacial score (nSPS) is 14.3. The van der Waals surface area contributed by atoms with Crippen molar-refractivity contribution in [2.45, 2.75) is 6.18 Å². The Labute approximate surface area is 179 Å². The zero-order valence-corrected chi connectivity index (χ0v) is 16.5. The number of anilines is 1. The summed E-state index contributed by atoms with van der Waals surface area (Å²) in [6.45, 7) is 0.0175. The third kappa shape index (κ3) is 4.66. The summed E-state index contributed by atoms with van der Waals surface area (Å²) in [7, 11) is 0. The predicted molar refractivity (Wildman–Crippen MR) is 103 cm³/mol. The van der Waals surface area contributed by atoms with Gasteiger partial charge in [0.25, 0.3) is 11.8 Å². The predicted octanol–water partition coefficient (Wildman–Crippen LogP) is 3.10. The third-order valence-corrected chi connectivity index (χ3v) is 4.67. The van der Waals surface area contributed by atoms with Crippen LogP contribution >= 0.6 is 0 Å². The number of oxazole rings is 1. The average molecular weight is 447 g/mol. The number of rotatable bonds is 5. The van der Waals surface area contributed by atoms with Crippen LogP contribution in [-0.4, -0.2) is 59.7 Å². The number of piperazine rings is 1. The lowest BCUT2D eigenvalue weighted by Crippen LogP contribution is -2.48. The van der Waals surface area contributed by atoms with Gasteiger partial charge in [0.2, 0.25) is 17.5 Å². The van der Waals surface area contributed by atoms with Crippen molar-refractivity contribution in [3.8, 4) is 23.6 Å². The van der Waals surface area contributed by atoms with Crippen LogP contribution in [0.3, 0.4) is 0 Å². The number of carbonyl (C=O) groups excluding carboxylic acids is 1. The van der Waals surface area contributed by atoms with Gasteiger partial charge in [0.05, 0.1) is 11.8 Å². The van der Waals surface area contributed by atoms with E-state index in [1.54, 1.807) is 17.0 Å². The molecule has 0 spiro atoms. The van der Waals surface area contributed by atoms with Crippen molar-refractivity contribution in [3.63, 3.8) is 0 Å². The van der Waals surface area contributed by atoms with Gasteiger partial charge in [0.15, 0.2) is 12.4 Å². The number of aromatic nitrogens is 2. The monoisotopic (exact) mass is 447 g/mol. The standard InChI is InChI=1S/C20H16F3N5O4/c21-20(22,23)12-31-16-4-3-13(11-25-16)18(29)27-5-7-28(8-6-27)19-14(10-24)26-17(32-19)15-2-1-9-30-15/h1-4,9,11H,5-8,12H2. The maximum absolute atomic E-state index is 12.7. The number of carbonyl (C=O) groups is 1. The molecule has 0 atom stereocenters. The number of amides is 1. The van der Waals surface area contributed by atoms with E-state index in [1.165, 1.54) is 24.6 Å². The minimum atomic E-state index is -4.47. The van der Waals surface area contributed by atoms with Gasteiger partial charge in [-0.25, -0.2) is 4.98 Å². The van der Waals surface area contributed by atoms with Gasteiger partial charge in [-0.3, -0.25) is 4.79 Å². The van der Waals surface area contributed by atoms with Gasteiger partial charge in [0.1, 0.15) is 6.07 Å². The van der Waals surface area contributed by atoms with Crippen LogP contribution in [0.1, 0.15) is 16.1 Å². The Balaban J connectivity index is 1.38. The summed E-state index contributed by atoms with van der Waals surface area (Å²) in [6, 6.07) is 7.94. The molecule has 1 aliphatic rings. The molecule has 1 aliphatic heterocycles. The molecule has 0 unspecified atom stereocenters. The van der Waals surface area contributed by atoms with E-state index in [4.69, 9.17) is 8.83 Å². The molecule has 0 aromatic carbocycles. The minimum absolute atomic E-state index is 0.120. The topological polar surface area (TPSA) is 109 Å². The Morgan fingerprint density at radius 2 is 2.00 bits per heavy atom. The second-order valence-electron chi connectivity index (χ2n) is 6.83. The van der Waals surface area contributed by atoms with Gasteiger partial charge >= 0.3 is 6.18 Å². The highest BCUT2D eigenvalue weighted by Crippen LogP contribution is 2.29. The first-order valence-corrected chi connectivity index (χ1v) is 9.48. The van der Waals surface area contributed by atoms with E-state index in [9.17, 15) is 23.2 Å². The maximum atomic E-state index is 12.7. The zero-order valence-electron chi connectivity index (χ0n) is 16.5. The fraction of sp³-hybridized carbons (Fsp3) is 0.300. The molecule has 0 radical (unpaired) electrons. The molecule has 1 amide bonds. The van der Waals surface area contributed by atoms with Crippen LogP contribution < -0.4 is 9.64 Å². The Hall–Kier alpha value is -4.01. The third-order valence-electron chi connectivity index (χ3n) is 4.67. The molecule has 4 heterocycles. The molecule has 166 valence electrons. The molecule has 1 saturated heterocycles. The van der Waals surface area contributed by atoms with Gasteiger partial charge in [0, 0.05) is 38.4 Å². The van der Waals surface area contributed by atoms with Gasteiger partial charge in [-0.2, -0.15) is 23.4 Å². The highest BCUT2D eigenvalue weighted by Gasteiger charge is 2.29. The second kappa shape index (κ2) is 8.62. The highest BCUT2D eigenvalue weighted by molar-refractivity contribution is 5.94. The van der Waals surface area contributed by atoms with E-state index in [2.05, 4.69) is 14.7 Å². The smallest absolute Gasteiger partial charge is 0.422 e. The van der Waals surface area contributed by atoms with E-state index in [0.717, 1.165) is 0 Å². The summed E-state index contributed by atoms with van der Waals surface area (Å²) in [6.07, 6.45) is -1.82. The van der Waals surface area contributed by atoms with E-state index >= 15 is 0 Å². The molecule has 4 rings (SSSR count). The van der Waals surface area contributed by atoms with Gasteiger partial charge in [-0.05, 0) is 18.2 Å². The van der Waals surface area contributed by atoms with Gasteiger partial charge in [-0.1, -0.05) is 0 Å². The summed E-state index contributed by atoms with van der Waals surface area (Å²) >= 11 is 0. The molecule has 1 fully saturated rings. The first kappa shape index (κ1) is 21.2. The number of nitriles is 1. The molecule has 0 saturated carbocycles. The second-order valence-corrected chi connectivity index (χ2v) is 6.83. The fourth-order valence-electron chi connectivity index (χ4n) is 3.15. The lowest BCUT2D eigenvalue weighted by molar-refractivity contribution is -0.154. The molecule has 12 heteroatoms. The molecule has 9 nitrogen and oxygen atoms in total. The van der Waals surface area contributed by atoms with Crippen molar-refractivity contribution in [1.29, 1.82) is 5.26 Å². The number of hydrogen-bond donors (Lipinski definition) is 0. The van der Waals surface area contributed by atoms with E-state index in [0.29, 0.717) is 37.8 Å². The molecular formula is C20H16F3N5O4. The highest BCUT2D eigenvalue weighted by atomic mass is 19.4. The Morgan fingerprint density at radius 3 is 2.59 bits per heavy atom. The van der Waals surface area contributed by atoms with Gasteiger partial charge < -0.3 is 23.4 Å². The minimum Gasteiger partial charge on any atom is -0.468 e. The number of halogens is 3. The Kier molecular flexibility index (Phi) is 5.72. The summed E-state index contributed by atoms with van der Waals surface area (Å²) in [5.41, 5.74) is 0.352. The summed E-state index contributed by atoms with van der Waals surface area (Å²) in [5.74, 6) is 0.369. The van der Waals surface area contributed by atoms with Crippen molar-refractivity contribution >= 4 is 11.8 Å². The van der Waals surface area contributed by atoms with Crippen LogP contribution in [0.2, 0.25) is 0 Å². The van der Waals surface area contributed by atoms with Crippen LogP contribution in [-0.2, 0) is 0 Å². The van der Waals surface area contributed by atoms with Crippen molar-refractivity contribution in [2.24, 2.45) is 0 Å². The lowest BCUT2D eigenvalue weighted by Gasteiger charge is -2.34. The van der Waals surface area contributed by atoms with Crippen LogP contribution in [0.4, 0.5) is 19.1 Å². The number of nitrogens with zero attached hydrogens (tertiary/aromatic N) is 5. The summed E-state index contributed by atoms with van der Waals surface area (Å²) < 4.78 is 52.2. The van der Waals surface area contributed by atoms with Crippen LogP contribution in [0.5, 0.6) is 5.88 Å². The lowest BCUT2D eigenvalue weighted by atomic mass is 10.2. The average Bonchev–Trinajstić information content (AvgIpc) is 3.47. The molecule has 32 heavy (non-hydrogen) atoms. The maximum Gasteiger partial charge on any atom is 0.422 e. The number of alkyl halides is 3. The molecule has 0 N–H and O–H groups in total. The van der Waals surface area contributed by atoms with E-state index in [1.807, 2.05) is 11.0 Å².